The van der Waals surface area contributed by atoms with E-state index in [1.807, 2.05) is 36.4 Å². The molecule has 2 aromatic carbocycles. The van der Waals surface area contributed by atoms with E-state index in [1.54, 1.807) is 6.07 Å². The van der Waals surface area contributed by atoms with Gasteiger partial charge < -0.3 is 9.47 Å². The molecule has 0 aromatic heterocycles. The van der Waals surface area contributed by atoms with Gasteiger partial charge in [0.15, 0.2) is 0 Å². The number of fused-ring (bicyclic) bond motifs is 1. The second kappa shape index (κ2) is 5.66. The first-order valence-electron chi connectivity index (χ1n) is 6.72. The third-order valence-corrected chi connectivity index (χ3v) is 3.53. The Morgan fingerprint density at radius 1 is 1.15 bits per heavy atom. The Labute approximate surface area is 118 Å². The number of hydrogen-bond donors (Lipinski definition) is 0. The molecule has 0 aliphatic carbocycles. The molecule has 2 aromatic rings. The minimum Gasteiger partial charge on any atom is -0.493 e. The molecule has 100 valence electrons. The van der Waals surface area contributed by atoms with Gasteiger partial charge in [0, 0.05) is 11.5 Å². The largest absolute Gasteiger partial charge is 0.493 e. The van der Waals surface area contributed by atoms with Gasteiger partial charge in [0.2, 0.25) is 0 Å². The monoisotopic (exact) mass is 265 g/mol. The van der Waals surface area contributed by atoms with Crippen LogP contribution in [0.25, 0.3) is 0 Å². The van der Waals surface area contributed by atoms with E-state index < -0.39 is 0 Å². The summed E-state index contributed by atoms with van der Waals surface area (Å²) in [7, 11) is 0. The van der Waals surface area contributed by atoms with E-state index in [1.165, 1.54) is 5.56 Å². The molecule has 1 aliphatic rings. The first-order chi connectivity index (χ1) is 9.88. The molecule has 0 amide bonds. The molecule has 0 fully saturated rings. The van der Waals surface area contributed by atoms with Crippen molar-refractivity contribution in [3.63, 3.8) is 0 Å². The smallest absolute Gasteiger partial charge is 0.137 e. The van der Waals surface area contributed by atoms with E-state index in [0.717, 1.165) is 12.2 Å². The summed E-state index contributed by atoms with van der Waals surface area (Å²) >= 11 is 0. The number of hydrogen-bond acceptors (Lipinski definition) is 3. The predicted octanol–water partition coefficient (Wildman–Crippen LogP) is 3.50. The molecule has 0 saturated carbocycles. The fourth-order valence-electron chi connectivity index (χ4n) is 2.46. The zero-order valence-electron chi connectivity index (χ0n) is 11.1. The molecule has 3 heteroatoms. The van der Waals surface area contributed by atoms with Gasteiger partial charge in [-0.15, -0.1) is 0 Å². The zero-order valence-corrected chi connectivity index (χ0v) is 11.1. The maximum absolute atomic E-state index is 9.06. The molecule has 1 atom stereocenters. The Hall–Kier alpha value is -2.47. The van der Waals surface area contributed by atoms with Gasteiger partial charge in [-0.1, -0.05) is 30.3 Å². The third kappa shape index (κ3) is 2.46. The van der Waals surface area contributed by atoms with Crippen molar-refractivity contribution in [2.45, 2.75) is 12.3 Å². The number of ether oxygens (including phenoxy) is 2. The van der Waals surface area contributed by atoms with Crippen molar-refractivity contribution in [1.29, 1.82) is 5.26 Å². The van der Waals surface area contributed by atoms with Crippen LogP contribution in [0.3, 0.4) is 0 Å². The summed E-state index contributed by atoms with van der Waals surface area (Å²) in [6, 6.07) is 17.6. The van der Waals surface area contributed by atoms with Crippen LogP contribution in [-0.2, 0) is 0 Å². The lowest BCUT2D eigenvalue weighted by Gasteiger charge is -2.25. The number of benzene rings is 2. The molecule has 3 nitrogen and oxygen atoms in total. The van der Waals surface area contributed by atoms with Gasteiger partial charge in [0.05, 0.1) is 18.8 Å². The minimum absolute atomic E-state index is 0.312. The number of nitriles is 1. The Morgan fingerprint density at radius 2 is 1.95 bits per heavy atom. The summed E-state index contributed by atoms with van der Waals surface area (Å²) in [5.74, 6) is 1.91. The van der Waals surface area contributed by atoms with Gasteiger partial charge >= 0.3 is 0 Å². The van der Waals surface area contributed by atoms with Gasteiger partial charge in [-0.2, -0.15) is 5.26 Å². The highest BCUT2D eigenvalue weighted by atomic mass is 16.5. The minimum atomic E-state index is 0.312. The number of rotatable bonds is 3. The summed E-state index contributed by atoms with van der Waals surface area (Å²) < 4.78 is 11.5. The molecule has 1 unspecified atom stereocenters. The molecule has 3 rings (SSSR count). The average Bonchev–Trinajstić information content (AvgIpc) is 2.53. The molecule has 1 aliphatic heterocycles. The Balaban J connectivity index is 1.75. The number of nitrogens with zero attached hydrogens (tertiary/aromatic N) is 1. The van der Waals surface area contributed by atoms with Gasteiger partial charge in [0.25, 0.3) is 0 Å². The van der Waals surface area contributed by atoms with Crippen LogP contribution in [0.2, 0.25) is 0 Å². The second-order valence-corrected chi connectivity index (χ2v) is 4.79. The third-order valence-electron chi connectivity index (χ3n) is 3.53. The molecular weight excluding hydrogens is 250 g/mol. The van der Waals surface area contributed by atoms with Crippen LogP contribution in [-0.4, -0.2) is 13.2 Å². The van der Waals surface area contributed by atoms with Gasteiger partial charge in [-0.25, -0.2) is 0 Å². The topological polar surface area (TPSA) is 42.2 Å². The molecule has 0 radical (unpaired) electrons. The maximum Gasteiger partial charge on any atom is 0.137 e. The molecule has 0 N–H and O–H groups in total. The fraction of sp³-hybridized carbons (Fsp3) is 0.235. The van der Waals surface area contributed by atoms with Gasteiger partial charge in [-0.05, 0) is 24.6 Å². The van der Waals surface area contributed by atoms with E-state index >= 15 is 0 Å². The highest BCUT2D eigenvalue weighted by Gasteiger charge is 2.21. The average molecular weight is 265 g/mol. The molecule has 0 bridgehead atoms. The molecule has 1 heterocycles. The van der Waals surface area contributed by atoms with E-state index in [2.05, 4.69) is 12.1 Å². The van der Waals surface area contributed by atoms with Gasteiger partial charge in [0.1, 0.15) is 17.6 Å². The lowest BCUT2D eigenvalue weighted by atomic mass is 9.94. The summed E-state index contributed by atoms with van der Waals surface area (Å²) in [5, 5.41) is 9.06. The predicted molar refractivity (Wildman–Crippen MR) is 75.9 cm³/mol. The van der Waals surface area contributed by atoms with Crippen molar-refractivity contribution in [1.82, 2.24) is 0 Å². The molecule has 0 saturated heterocycles. The SMILES string of the molecule is N#Cc1ccccc1OCC1CCOc2ccccc21. The van der Waals surface area contributed by atoms with Crippen LogP contribution in [0.5, 0.6) is 11.5 Å². The molecule has 0 spiro atoms. The van der Waals surface area contributed by atoms with E-state index in [9.17, 15) is 0 Å². The molecule has 20 heavy (non-hydrogen) atoms. The van der Waals surface area contributed by atoms with E-state index in [-0.39, 0.29) is 0 Å². The summed E-state index contributed by atoms with van der Waals surface area (Å²) in [6.45, 7) is 1.28. The van der Waals surface area contributed by atoms with Crippen LogP contribution in [0.1, 0.15) is 23.5 Å². The van der Waals surface area contributed by atoms with Gasteiger partial charge in [-0.3, -0.25) is 0 Å². The lowest BCUT2D eigenvalue weighted by Crippen LogP contribution is -2.19. The van der Waals surface area contributed by atoms with E-state index in [0.29, 0.717) is 30.4 Å². The fourth-order valence-corrected chi connectivity index (χ4v) is 2.46. The van der Waals surface area contributed by atoms with Crippen molar-refractivity contribution in [2.75, 3.05) is 13.2 Å². The summed E-state index contributed by atoms with van der Waals surface area (Å²) in [4.78, 5) is 0. The van der Waals surface area contributed by atoms with Crippen molar-refractivity contribution in [2.24, 2.45) is 0 Å². The van der Waals surface area contributed by atoms with Crippen molar-refractivity contribution < 1.29 is 9.47 Å². The molecular formula is C17H15NO2. The highest BCUT2D eigenvalue weighted by molar-refractivity contribution is 5.43. The van der Waals surface area contributed by atoms with Crippen molar-refractivity contribution >= 4 is 0 Å². The lowest BCUT2D eigenvalue weighted by molar-refractivity contribution is 0.217. The maximum atomic E-state index is 9.06. The van der Waals surface area contributed by atoms with E-state index in [4.69, 9.17) is 14.7 Å². The van der Waals surface area contributed by atoms with Crippen molar-refractivity contribution in [3.8, 4) is 17.6 Å². The Morgan fingerprint density at radius 3 is 2.85 bits per heavy atom. The quantitative estimate of drug-likeness (QED) is 0.853. The summed E-state index contributed by atoms with van der Waals surface area (Å²) in [5.41, 5.74) is 1.76. The standard InChI is InChI=1S/C17H15NO2/c18-11-13-5-1-3-7-16(13)20-12-14-9-10-19-17-8-4-2-6-15(14)17/h1-8,14H,9-10,12H2. The first kappa shape index (κ1) is 12.6. The van der Waals surface area contributed by atoms with Crippen LogP contribution >= 0.6 is 0 Å². The van der Waals surface area contributed by atoms with Crippen LogP contribution in [0.15, 0.2) is 48.5 Å². The Bertz CT molecular complexity index is 645. The van der Waals surface area contributed by atoms with Crippen molar-refractivity contribution in [3.05, 3.63) is 59.7 Å². The zero-order chi connectivity index (χ0) is 13.8. The highest BCUT2D eigenvalue weighted by Crippen LogP contribution is 2.33. The second-order valence-electron chi connectivity index (χ2n) is 4.79. The normalized spacial score (nSPS) is 16.6. The summed E-state index contributed by atoms with van der Waals surface area (Å²) in [6.07, 6.45) is 0.936. The Kier molecular flexibility index (Phi) is 3.56. The number of para-hydroxylation sites is 2. The first-order valence-corrected chi connectivity index (χ1v) is 6.72. The van der Waals surface area contributed by atoms with Crippen LogP contribution < -0.4 is 9.47 Å². The van der Waals surface area contributed by atoms with Crippen LogP contribution in [0.4, 0.5) is 0 Å². The van der Waals surface area contributed by atoms with Crippen LogP contribution in [0, 0.1) is 11.3 Å².